The van der Waals surface area contributed by atoms with E-state index in [1.807, 2.05) is 0 Å². The second-order valence-corrected chi connectivity index (χ2v) is 9.91. The predicted octanol–water partition coefficient (Wildman–Crippen LogP) is 1.91. The zero-order valence-corrected chi connectivity index (χ0v) is 18.1. The van der Waals surface area contributed by atoms with Crippen LogP contribution in [0.4, 0.5) is 4.39 Å². The molecule has 0 bridgehead atoms. The van der Waals surface area contributed by atoms with Gasteiger partial charge in [-0.25, -0.2) is 4.39 Å². The maximum atomic E-state index is 14.3. The van der Waals surface area contributed by atoms with E-state index in [-0.39, 0.29) is 23.5 Å². The smallest absolute Gasteiger partial charge is 0.257 e. The molecule has 8 nitrogen and oxygen atoms in total. The Morgan fingerprint density at radius 1 is 1.09 bits per heavy atom. The summed E-state index contributed by atoms with van der Waals surface area (Å²) in [7, 11) is 1.22. The van der Waals surface area contributed by atoms with Crippen LogP contribution in [0.2, 0.25) is 0 Å². The van der Waals surface area contributed by atoms with Crippen molar-refractivity contribution in [3.05, 3.63) is 41.2 Å². The number of phenolic OH excluding ortho intramolecular Hbond substituents is 1. The van der Waals surface area contributed by atoms with Gasteiger partial charge in [-0.1, -0.05) is 23.8 Å². The van der Waals surface area contributed by atoms with E-state index in [1.54, 1.807) is 6.08 Å². The average Bonchev–Trinajstić information content (AvgIpc) is 3.06. The lowest BCUT2D eigenvalue weighted by Gasteiger charge is -2.50. The Hall–Kier alpha value is -2.49. The molecule has 0 spiro atoms. The van der Waals surface area contributed by atoms with E-state index >= 15 is 0 Å². The molecule has 2 heterocycles. The third-order valence-electron chi connectivity index (χ3n) is 7.32. The number of nitrogens with zero attached hydrogens (tertiary/aromatic N) is 2. The number of hydrogen-bond acceptors (Lipinski definition) is 6. The lowest BCUT2D eigenvalue weighted by atomic mass is 9.56. The Balaban J connectivity index is 1.78. The number of halogens is 3. The van der Waals surface area contributed by atoms with Gasteiger partial charge in [-0.3, -0.25) is 29.3 Å². The van der Waals surface area contributed by atoms with Crippen LogP contribution in [0.5, 0.6) is 5.75 Å². The fraction of sp³-hybridized carbons (Fsp3) is 0.429. The van der Waals surface area contributed by atoms with Crippen LogP contribution >= 0.6 is 23.2 Å². The average molecular weight is 483 g/mol. The highest BCUT2D eigenvalue weighted by Crippen LogP contribution is 2.65. The number of para-hydroxylation sites is 1. The molecule has 11 heteroatoms. The van der Waals surface area contributed by atoms with Crippen molar-refractivity contribution in [1.82, 2.24) is 9.96 Å². The number of alkyl halides is 2. The third-order valence-corrected chi connectivity index (χ3v) is 8.73. The minimum absolute atomic E-state index is 0.0605. The van der Waals surface area contributed by atoms with E-state index in [2.05, 4.69) is 0 Å². The Bertz CT molecular complexity index is 1160. The number of phenols is 1. The van der Waals surface area contributed by atoms with E-state index in [1.165, 1.54) is 19.2 Å². The monoisotopic (exact) mass is 482 g/mol. The van der Waals surface area contributed by atoms with Crippen molar-refractivity contribution in [2.75, 3.05) is 7.05 Å². The summed E-state index contributed by atoms with van der Waals surface area (Å²) in [6.07, 6.45) is 1.42. The van der Waals surface area contributed by atoms with Crippen molar-refractivity contribution in [2.24, 2.45) is 17.8 Å². The first-order chi connectivity index (χ1) is 15.0. The number of aromatic hydroxyl groups is 1. The van der Waals surface area contributed by atoms with Gasteiger partial charge in [0, 0.05) is 18.5 Å². The van der Waals surface area contributed by atoms with Crippen LogP contribution in [0, 0.1) is 23.6 Å². The van der Waals surface area contributed by atoms with Crippen LogP contribution in [-0.4, -0.2) is 60.7 Å². The SMILES string of the molecule is CN1C(=O)C2(Cl)CC3C(=CCC4C(=O)N(O)C(=O)C43)C(c3cccc(F)c3O)C2(Cl)C1=O. The van der Waals surface area contributed by atoms with Gasteiger partial charge >= 0.3 is 0 Å². The van der Waals surface area contributed by atoms with Gasteiger partial charge in [-0.05, 0) is 24.8 Å². The highest BCUT2D eigenvalue weighted by molar-refractivity contribution is 6.53. The van der Waals surface area contributed by atoms with Crippen LogP contribution in [-0.2, 0) is 19.2 Å². The fourth-order valence-electron chi connectivity index (χ4n) is 5.84. The number of likely N-dealkylation sites (tertiary alicyclic amines) is 1. The molecule has 6 unspecified atom stereocenters. The number of benzene rings is 1. The minimum Gasteiger partial charge on any atom is -0.505 e. The largest absolute Gasteiger partial charge is 0.505 e. The Kier molecular flexibility index (Phi) is 4.35. The summed E-state index contributed by atoms with van der Waals surface area (Å²) in [6, 6.07) is 3.71. The summed E-state index contributed by atoms with van der Waals surface area (Å²) in [5, 5.41) is 20.5. The normalized spacial score (nSPS) is 38.6. The molecule has 5 rings (SSSR count). The predicted molar refractivity (Wildman–Crippen MR) is 107 cm³/mol. The third kappa shape index (κ3) is 2.26. The minimum atomic E-state index is -2.11. The highest BCUT2D eigenvalue weighted by atomic mass is 35.5. The van der Waals surface area contributed by atoms with Gasteiger partial charge in [0.2, 0.25) is 0 Å². The Morgan fingerprint density at radius 3 is 2.47 bits per heavy atom. The summed E-state index contributed by atoms with van der Waals surface area (Å²) in [6.45, 7) is 0. The lowest BCUT2D eigenvalue weighted by molar-refractivity contribution is -0.173. The Labute approximate surface area is 191 Å². The van der Waals surface area contributed by atoms with Gasteiger partial charge in [0.25, 0.3) is 23.6 Å². The highest BCUT2D eigenvalue weighted by Gasteiger charge is 2.76. The topological polar surface area (TPSA) is 115 Å². The zero-order chi connectivity index (χ0) is 23.3. The first-order valence-electron chi connectivity index (χ1n) is 9.91. The summed E-state index contributed by atoms with van der Waals surface area (Å²) < 4.78 is 14.3. The molecule has 2 aliphatic heterocycles. The molecule has 4 aliphatic rings. The first kappa shape index (κ1) is 21.4. The van der Waals surface area contributed by atoms with Crippen molar-refractivity contribution >= 4 is 46.8 Å². The standard InChI is InChI=1S/C21H17Cl2FN2O6/c1-25-18(30)20(22)7-11-8(5-6-9-13(11)17(29)26(32)16(9)28)14(21(20,23)19(25)31)10-3-2-4-12(24)15(10)27/h2-5,9,11,13-14,27,32H,6-7H2,1H3. The second-order valence-electron chi connectivity index (χ2n) is 8.66. The van der Waals surface area contributed by atoms with Crippen LogP contribution in [0.3, 0.4) is 0 Å². The number of imide groups is 2. The number of carbonyl (C=O) groups excluding carboxylic acids is 4. The zero-order valence-electron chi connectivity index (χ0n) is 16.6. The second kappa shape index (κ2) is 6.52. The lowest BCUT2D eigenvalue weighted by Crippen LogP contribution is -2.60. The van der Waals surface area contributed by atoms with Crippen molar-refractivity contribution < 1.29 is 33.9 Å². The van der Waals surface area contributed by atoms with Crippen LogP contribution in [0.15, 0.2) is 29.8 Å². The van der Waals surface area contributed by atoms with Crippen LogP contribution < -0.4 is 0 Å². The number of hydroxylamine groups is 2. The van der Waals surface area contributed by atoms with Crippen LogP contribution in [0.1, 0.15) is 24.3 Å². The molecule has 0 aromatic heterocycles. The summed E-state index contributed by atoms with van der Waals surface area (Å²) >= 11 is 13.7. The van der Waals surface area contributed by atoms with E-state index in [4.69, 9.17) is 23.2 Å². The molecular weight excluding hydrogens is 466 g/mol. The number of fused-ring (bicyclic) bond motifs is 4. The van der Waals surface area contributed by atoms with Crippen LogP contribution in [0.25, 0.3) is 0 Å². The van der Waals surface area contributed by atoms with Gasteiger partial charge in [0.15, 0.2) is 21.3 Å². The summed E-state index contributed by atoms with van der Waals surface area (Å²) in [5.74, 6) is -8.93. The molecule has 3 fully saturated rings. The quantitative estimate of drug-likeness (QED) is 0.273. The molecule has 4 amide bonds. The maximum absolute atomic E-state index is 14.3. The van der Waals surface area contributed by atoms with Crippen molar-refractivity contribution in [3.8, 4) is 5.75 Å². The number of carbonyl (C=O) groups is 4. The molecule has 6 atom stereocenters. The van der Waals surface area contributed by atoms with Gasteiger partial charge < -0.3 is 5.11 Å². The molecule has 1 aromatic rings. The van der Waals surface area contributed by atoms with Gasteiger partial charge in [0.1, 0.15) is 0 Å². The van der Waals surface area contributed by atoms with Crippen molar-refractivity contribution in [1.29, 1.82) is 0 Å². The van der Waals surface area contributed by atoms with Crippen molar-refractivity contribution in [3.63, 3.8) is 0 Å². The molecule has 32 heavy (non-hydrogen) atoms. The molecule has 1 saturated carbocycles. The molecule has 2 aliphatic carbocycles. The molecule has 2 N–H and O–H groups in total. The van der Waals surface area contributed by atoms with E-state index in [0.717, 1.165) is 11.0 Å². The van der Waals surface area contributed by atoms with E-state index < -0.39 is 68.6 Å². The van der Waals surface area contributed by atoms with Gasteiger partial charge in [-0.2, -0.15) is 5.06 Å². The molecule has 168 valence electrons. The number of rotatable bonds is 1. The van der Waals surface area contributed by atoms with E-state index in [0.29, 0.717) is 5.57 Å². The van der Waals surface area contributed by atoms with Gasteiger partial charge in [0.05, 0.1) is 11.8 Å². The molecule has 0 radical (unpaired) electrons. The van der Waals surface area contributed by atoms with E-state index in [9.17, 15) is 33.9 Å². The first-order valence-corrected chi connectivity index (χ1v) is 10.7. The molecule has 1 aromatic carbocycles. The number of hydrogen-bond donors (Lipinski definition) is 2. The maximum Gasteiger partial charge on any atom is 0.257 e. The Morgan fingerprint density at radius 2 is 1.78 bits per heavy atom. The summed E-state index contributed by atoms with van der Waals surface area (Å²) in [4.78, 5) is 48.1. The van der Waals surface area contributed by atoms with Gasteiger partial charge in [-0.15, -0.1) is 23.2 Å². The number of allylic oxidation sites excluding steroid dienone is 2. The molecular formula is C21H17Cl2FN2O6. The van der Waals surface area contributed by atoms with Crippen molar-refractivity contribution in [2.45, 2.75) is 28.5 Å². The summed E-state index contributed by atoms with van der Waals surface area (Å²) in [5.41, 5.74) is 0.333. The fourth-order valence-corrected chi connectivity index (χ4v) is 6.85. The number of amides is 4. The molecule has 2 saturated heterocycles.